The zero-order valence-corrected chi connectivity index (χ0v) is 17.9. The monoisotopic (exact) mass is 427 g/mol. The Morgan fingerprint density at radius 1 is 1.32 bits per heavy atom. The van der Waals surface area contributed by atoms with E-state index >= 15 is 0 Å². The average Bonchev–Trinajstić information content (AvgIpc) is 2.72. The Morgan fingerprint density at radius 3 is 2.71 bits per heavy atom. The van der Waals surface area contributed by atoms with Crippen LogP contribution in [0.2, 0.25) is 0 Å². The third kappa shape index (κ3) is 6.54. The standard InChI is InChI=1S/C22H26FN5O3/c1-22(2,3)31-21(29)28-10-7-17(8-11-28)26-19-6-9-25-20(27-19)30-14-16-5-4-15(13-24)12-18(16)23/h4-6,9,12,17H,7-8,10-11,14H2,1-3H3,(H,25,26,27). The summed E-state index contributed by atoms with van der Waals surface area (Å²) in [5.41, 5.74) is 0.0569. The Bertz CT molecular complexity index is 962. The minimum atomic E-state index is -0.510. The molecule has 0 aliphatic carbocycles. The maximum atomic E-state index is 14.0. The summed E-state index contributed by atoms with van der Waals surface area (Å²) in [5.74, 6) is 0.0890. The summed E-state index contributed by atoms with van der Waals surface area (Å²) in [6.45, 7) is 6.70. The van der Waals surface area contributed by atoms with E-state index in [0.717, 1.165) is 12.8 Å². The van der Waals surface area contributed by atoms with Gasteiger partial charge in [-0.2, -0.15) is 10.2 Å². The molecular formula is C22H26FN5O3. The van der Waals surface area contributed by atoms with Crippen LogP contribution in [0.25, 0.3) is 0 Å². The van der Waals surface area contributed by atoms with E-state index < -0.39 is 11.4 Å². The number of ether oxygens (including phenoxy) is 2. The molecule has 1 aromatic carbocycles. The van der Waals surface area contributed by atoms with Gasteiger partial charge in [-0.3, -0.25) is 0 Å². The number of hydrogen-bond donors (Lipinski definition) is 1. The van der Waals surface area contributed by atoms with E-state index in [1.807, 2.05) is 26.8 Å². The summed E-state index contributed by atoms with van der Waals surface area (Å²) in [5, 5.41) is 12.1. The third-order valence-corrected chi connectivity index (χ3v) is 4.67. The Balaban J connectivity index is 1.51. The molecule has 1 aliphatic heterocycles. The normalized spacial score (nSPS) is 14.6. The van der Waals surface area contributed by atoms with Crippen LogP contribution in [-0.4, -0.2) is 45.7 Å². The summed E-state index contributed by atoms with van der Waals surface area (Å²) in [6.07, 6.45) is 2.79. The summed E-state index contributed by atoms with van der Waals surface area (Å²) in [7, 11) is 0. The van der Waals surface area contributed by atoms with Crippen LogP contribution in [0.4, 0.5) is 15.0 Å². The fraction of sp³-hybridized carbons (Fsp3) is 0.455. The molecule has 1 saturated heterocycles. The Kier molecular flexibility index (Phi) is 6.90. The lowest BCUT2D eigenvalue weighted by Gasteiger charge is -2.33. The van der Waals surface area contributed by atoms with Crippen molar-refractivity contribution in [2.45, 2.75) is 51.9 Å². The summed E-state index contributed by atoms with van der Waals surface area (Å²) < 4.78 is 24.9. The highest BCUT2D eigenvalue weighted by molar-refractivity contribution is 5.68. The van der Waals surface area contributed by atoms with Crippen LogP contribution in [0, 0.1) is 17.1 Å². The number of nitrogens with one attached hydrogen (secondary N) is 1. The summed E-state index contributed by atoms with van der Waals surface area (Å²) in [6, 6.07) is 8.11. The van der Waals surface area contributed by atoms with Gasteiger partial charge in [-0.15, -0.1) is 0 Å². The second kappa shape index (κ2) is 9.60. The number of amides is 1. The first kappa shape index (κ1) is 22.3. The van der Waals surface area contributed by atoms with Gasteiger partial charge >= 0.3 is 12.1 Å². The largest absolute Gasteiger partial charge is 0.458 e. The van der Waals surface area contributed by atoms with Crippen LogP contribution < -0.4 is 10.1 Å². The molecule has 2 heterocycles. The van der Waals surface area contributed by atoms with Crippen LogP contribution in [0.3, 0.4) is 0 Å². The molecular weight excluding hydrogens is 401 g/mol. The molecule has 2 aromatic rings. The number of likely N-dealkylation sites (tertiary alicyclic amines) is 1. The number of anilines is 1. The first-order chi connectivity index (χ1) is 14.7. The molecule has 0 radical (unpaired) electrons. The molecule has 1 amide bonds. The third-order valence-electron chi connectivity index (χ3n) is 4.67. The molecule has 164 valence electrons. The zero-order chi connectivity index (χ0) is 22.4. The lowest BCUT2D eigenvalue weighted by molar-refractivity contribution is 0.0210. The number of hydrogen-bond acceptors (Lipinski definition) is 7. The number of carbonyl (C=O) groups is 1. The molecule has 31 heavy (non-hydrogen) atoms. The number of nitriles is 1. The molecule has 1 fully saturated rings. The van der Waals surface area contributed by atoms with E-state index in [-0.39, 0.29) is 30.3 Å². The number of nitrogens with zero attached hydrogens (tertiary/aromatic N) is 4. The molecule has 0 atom stereocenters. The Morgan fingerprint density at radius 2 is 2.06 bits per heavy atom. The zero-order valence-electron chi connectivity index (χ0n) is 17.9. The van der Waals surface area contributed by atoms with Gasteiger partial charge < -0.3 is 19.7 Å². The van der Waals surface area contributed by atoms with Crippen molar-refractivity contribution in [1.82, 2.24) is 14.9 Å². The quantitative estimate of drug-likeness (QED) is 0.773. The smallest absolute Gasteiger partial charge is 0.410 e. The summed E-state index contributed by atoms with van der Waals surface area (Å²) in [4.78, 5) is 22.3. The molecule has 1 aromatic heterocycles. The van der Waals surface area contributed by atoms with Crippen molar-refractivity contribution in [3.05, 3.63) is 47.4 Å². The number of carbonyl (C=O) groups excluding carboxylic acids is 1. The SMILES string of the molecule is CC(C)(C)OC(=O)N1CCC(Nc2ccnc(OCc3ccc(C#N)cc3F)n2)CC1. The fourth-order valence-electron chi connectivity index (χ4n) is 3.11. The van der Waals surface area contributed by atoms with Crippen LogP contribution in [0.15, 0.2) is 30.5 Å². The van der Waals surface area contributed by atoms with Crippen molar-refractivity contribution in [3.63, 3.8) is 0 Å². The van der Waals surface area contributed by atoms with E-state index in [9.17, 15) is 9.18 Å². The molecule has 0 saturated carbocycles. The van der Waals surface area contributed by atoms with E-state index in [1.165, 1.54) is 18.2 Å². The highest BCUT2D eigenvalue weighted by Crippen LogP contribution is 2.19. The van der Waals surface area contributed by atoms with Gasteiger partial charge in [-0.1, -0.05) is 6.07 Å². The lowest BCUT2D eigenvalue weighted by atomic mass is 10.1. The predicted octanol–water partition coefficient (Wildman–Crippen LogP) is 3.88. The first-order valence-electron chi connectivity index (χ1n) is 10.1. The Labute approximate surface area is 181 Å². The average molecular weight is 427 g/mol. The van der Waals surface area contributed by atoms with Crippen LogP contribution >= 0.6 is 0 Å². The fourth-order valence-corrected chi connectivity index (χ4v) is 3.11. The predicted molar refractivity (Wildman–Crippen MR) is 112 cm³/mol. The maximum Gasteiger partial charge on any atom is 0.410 e. The van der Waals surface area contributed by atoms with Gasteiger partial charge in [-0.25, -0.2) is 14.2 Å². The number of halogens is 1. The molecule has 0 spiro atoms. The van der Waals surface area contributed by atoms with Gasteiger partial charge in [0.1, 0.15) is 23.8 Å². The number of rotatable bonds is 5. The molecule has 8 nitrogen and oxygen atoms in total. The maximum absolute atomic E-state index is 14.0. The second-order valence-corrected chi connectivity index (χ2v) is 8.32. The molecule has 1 N–H and O–H groups in total. The van der Waals surface area contributed by atoms with Crippen molar-refractivity contribution in [2.75, 3.05) is 18.4 Å². The van der Waals surface area contributed by atoms with Gasteiger partial charge in [0.15, 0.2) is 0 Å². The first-order valence-corrected chi connectivity index (χ1v) is 10.1. The van der Waals surface area contributed by atoms with Crippen molar-refractivity contribution < 1.29 is 18.7 Å². The van der Waals surface area contributed by atoms with Crippen molar-refractivity contribution in [1.29, 1.82) is 5.26 Å². The minimum Gasteiger partial charge on any atom is -0.458 e. The molecule has 0 unspecified atom stereocenters. The number of piperidine rings is 1. The van der Waals surface area contributed by atoms with Gasteiger partial charge in [0.05, 0.1) is 11.6 Å². The lowest BCUT2D eigenvalue weighted by Crippen LogP contribution is -2.44. The molecule has 3 rings (SSSR count). The van der Waals surface area contributed by atoms with E-state index in [1.54, 1.807) is 17.2 Å². The molecule has 1 aliphatic rings. The molecule has 0 bridgehead atoms. The Hall–Kier alpha value is -3.41. The van der Waals surface area contributed by atoms with Crippen molar-refractivity contribution in [2.24, 2.45) is 0 Å². The highest BCUT2D eigenvalue weighted by Gasteiger charge is 2.27. The van der Waals surface area contributed by atoms with Gasteiger partial charge in [0.25, 0.3) is 0 Å². The van der Waals surface area contributed by atoms with Crippen LogP contribution in [-0.2, 0) is 11.3 Å². The van der Waals surface area contributed by atoms with Gasteiger partial charge in [0, 0.05) is 30.9 Å². The van der Waals surface area contributed by atoms with E-state index in [0.29, 0.717) is 24.5 Å². The van der Waals surface area contributed by atoms with Gasteiger partial charge in [0.2, 0.25) is 0 Å². The van der Waals surface area contributed by atoms with E-state index in [4.69, 9.17) is 14.7 Å². The van der Waals surface area contributed by atoms with E-state index in [2.05, 4.69) is 15.3 Å². The van der Waals surface area contributed by atoms with Gasteiger partial charge in [-0.05, 0) is 51.8 Å². The topological polar surface area (TPSA) is 100 Å². The highest BCUT2D eigenvalue weighted by atomic mass is 19.1. The summed E-state index contributed by atoms with van der Waals surface area (Å²) >= 11 is 0. The van der Waals surface area contributed by atoms with Crippen LogP contribution in [0.5, 0.6) is 6.01 Å². The molecule has 9 heteroatoms. The van der Waals surface area contributed by atoms with Crippen LogP contribution in [0.1, 0.15) is 44.7 Å². The number of benzene rings is 1. The number of aromatic nitrogens is 2. The van der Waals surface area contributed by atoms with Crippen molar-refractivity contribution >= 4 is 11.9 Å². The van der Waals surface area contributed by atoms with Crippen molar-refractivity contribution in [3.8, 4) is 12.1 Å². The minimum absolute atomic E-state index is 0.0464. The second-order valence-electron chi connectivity index (χ2n) is 8.32.